The topological polar surface area (TPSA) is 18.5 Å². The quantitative estimate of drug-likeness (QED) is 0.121. The minimum atomic E-state index is 0.434. The smallest absolute Gasteiger partial charge is 0.138 e. The van der Waals surface area contributed by atoms with Gasteiger partial charge in [0, 0.05) is 19.0 Å². The minimum Gasteiger partial charge on any atom is -0.489 e. The summed E-state index contributed by atoms with van der Waals surface area (Å²) >= 11 is 21.8. The first-order valence-electron chi connectivity index (χ1n) is 10.3. The van der Waals surface area contributed by atoms with E-state index in [4.69, 9.17) is 9.47 Å². The SMILES string of the molecule is CCCCCCCCc1ccc(OCCOc2c(C)c(Br)c(Br)c(Br)c2Br)c(Br)c1Br. The zero-order chi connectivity index (χ0) is 23.0. The van der Waals surface area contributed by atoms with E-state index in [0.717, 1.165) is 50.3 Å². The Kier molecular flexibility index (Phi) is 13.0. The first kappa shape index (κ1) is 28.2. The van der Waals surface area contributed by atoms with Crippen molar-refractivity contribution >= 4 is 95.6 Å². The molecule has 8 heteroatoms. The molecule has 0 bridgehead atoms. The van der Waals surface area contributed by atoms with E-state index in [1.807, 2.05) is 13.0 Å². The van der Waals surface area contributed by atoms with Crippen molar-refractivity contribution in [3.63, 3.8) is 0 Å². The number of aryl methyl sites for hydroxylation is 1. The molecular weight excluding hydrogens is 788 g/mol. The molecule has 0 N–H and O–H groups in total. The van der Waals surface area contributed by atoms with Crippen LogP contribution in [0.4, 0.5) is 0 Å². The standard InChI is InChI=1S/C23H26Br6O2/c1-3-4-5-6-7-8-9-15-10-11-16(19(26)18(15)25)30-12-13-31-23-14(2)17(24)20(27)21(28)22(23)29/h10-11H,3-9,12-13H2,1-2H3. The van der Waals surface area contributed by atoms with Gasteiger partial charge >= 0.3 is 0 Å². The van der Waals surface area contributed by atoms with Crippen LogP contribution in [-0.2, 0) is 6.42 Å². The second-order valence-electron chi connectivity index (χ2n) is 7.28. The average Bonchev–Trinajstić information content (AvgIpc) is 2.76. The van der Waals surface area contributed by atoms with E-state index in [2.05, 4.69) is 109 Å². The van der Waals surface area contributed by atoms with Crippen molar-refractivity contribution in [2.24, 2.45) is 0 Å². The molecule has 2 aromatic rings. The summed E-state index contributed by atoms with van der Waals surface area (Å²) in [6.45, 7) is 5.14. The molecule has 0 aliphatic heterocycles. The van der Waals surface area contributed by atoms with Gasteiger partial charge in [0.25, 0.3) is 0 Å². The van der Waals surface area contributed by atoms with E-state index in [1.165, 1.54) is 44.1 Å². The zero-order valence-electron chi connectivity index (χ0n) is 17.6. The lowest BCUT2D eigenvalue weighted by Crippen LogP contribution is -2.11. The molecule has 2 rings (SSSR count). The molecule has 2 aromatic carbocycles. The lowest BCUT2D eigenvalue weighted by molar-refractivity contribution is 0.214. The van der Waals surface area contributed by atoms with Gasteiger partial charge in [0.15, 0.2) is 0 Å². The van der Waals surface area contributed by atoms with Crippen molar-refractivity contribution in [1.29, 1.82) is 0 Å². The molecule has 0 saturated heterocycles. The highest BCUT2D eigenvalue weighted by molar-refractivity contribution is 9.15. The third-order valence-electron chi connectivity index (χ3n) is 4.96. The summed E-state index contributed by atoms with van der Waals surface area (Å²) in [6.07, 6.45) is 8.90. The second kappa shape index (κ2) is 14.3. The minimum absolute atomic E-state index is 0.434. The third-order valence-corrected chi connectivity index (χ3v) is 12.1. The second-order valence-corrected chi connectivity index (χ2v) is 12.0. The van der Waals surface area contributed by atoms with E-state index in [9.17, 15) is 0 Å². The van der Waals surface area contributed by atoms with Gasteiger partial charge in [-0.15, -0.1) is 0 Å². The van der Waals surface area contributed by atoms with Gasteiger partial charge in [0.1, 0.15) is 24.7 Å². The van der Waals surface area contributed by atoms with Crippen LogP contribution in [0.2, 0.25) is 0 Å². The predicted molar refractivity (Wildman–Crippen MR) is 152 cm³/mol. The molecule has 0 amide bonds. The Balaban J connectivity index is 1.89. The maximum atomic E-state index is 6.01. The number of rotatable bonds is 12. The van der Waals surface area contributed by atoms with E-state index >= 15 is 0 Å². The summed E-state index contributed by atoms with van der Waals surface area (Å²) in [5, 5.41) is 0. The fourth-order valence-corrected chi connectivity index (χ4v) is 6.58. The average molecular weight is 814 g/mol. The molecular formula is C23H26Br6O2. The highest BCUT2D eigenvalue weighted by Crippen LogP contribution is 2.45. The van der Waals surface area contributed by atoms with Gasteiger partial charge in [0.05, 0.1) is 13.4 Å². The van der Waals surface area contributed by atoms with Crippen molar-refractivity contribution in [2.75, 3.05) is 13.2 Å². The molecule has 0 atom stereocenters. The largest absolute Gasteiger partial charge is 0.489 e. The monoisotopic (exact) mass is 808 g/mol. The van der Waals surface area contributed by atoms with Crippen LogP contribution in [0.5, 0.6) is 11.5 Å². The molecule has 0 spiro atoms. The Bertz CT molecular complexity index is 856. The molecule has 0 aliphatic rings. The molecule has 0 radical (unpaired) electrons. The van der Waals surface area contributed by atoms with Crippen LogP contribution in [0.25, 0.3) is 0 Å². The molecule has 0 saturated carbocycles. The van der Waals surface area contributed by atoms with Crippen molar-refractivity contribution in [3.05, 3.63) is 50.1 Å². The van der Waals surface area contributed by atoms with Gasteiger partial charge in [-0.25, -0.2) is 0 Å². The Labute approximate surface area is 236 Å². The van der Waals surface area contributed by atoms with Gasteiger partial charge in [-0.05, 0) is 127 Å². The van der Waals surface area contributed by atoms with Gasteiger partial charge < -0.3 is 9.47 Å². The lowest BCUT2D eigenvalue weighted by atomic mass is 10.0. The Morgan fingerprint density at radius 1 is 0.645 bits per heavy atom. The number of benzene rings is 2. The third kappa shape index (κ3) is 7.98. The highest BCUT2D eigenvalue weighted by Gasteiger charge is 2.18. The number of unbranched alkanes of at least 4 members (excludes halogenated alkanes) is 5. The summed E-state index contributed by atoms with van der Waals surface area (Å²) < 4.78 is 17.7. The molecule has 0 heterocycles. The lowest BCUT2D eigenvalue weighted by Gasteiger charge is -2.17. The van der Waals surface area contributed by atoms with Gasteiger partial charge in [0.2, 0.25) is 0 Å². The van der Waals surface area contributed by atoms with Gasteiger partial charge in [-0.2, -0.15) is 0 Å². The van der Waals surface area contributed by atoms with Crippen LogP contribution >= 0.6 is 95.6 Å². The molecule has 31 heavy (non-hydrogen) atoms. The molecule has 0 fully saturated rings. The number of ether oxygens (including phenoxy) is 2. The van der Waals surface area contributed by atoms with Gasteiger partial charge in [-0.3, -0.25) is 0 Å². The fraction of sp³-hybridized carbons (Fsp3) is 0.478. The van der Waals surface area contributed by atoms with E-state index in [0.29, 0.717) is 13.2 Å². The number of hydrogen-bond donors (Lipinski definition) is 0. The van der Waals surface area contributed by atoms with Crippen LogP contribution in [0.15, 0.2) is 39.0 Å². The summed E-state index contributed by atoms with van der Waals surface area (Å²) in [5.74, 6) is 1.61. The molecule has 0 aromatic heterocycles. The van der Waals surface area contributed by atoms with Crippen LogP contribution in [0.1, 0.15) is 56.6 Å². The predicted octanol–water partition coefficient (Wildman–Crippen LogP) is 10.9. The zero-order valence-corrected chi connectivity index (χ0v) is 27.1. The molecule has 0 unspecified atom stereocenters. The Hall–Kier alpha value is 0.920. The summed E-state index contributed by atoms with van der Waals surface area (Å²) in [7, 11) is 0. The number of halogens is 6. The van der Waals surface area contributed by atoms with Crippen LogP contribution in [0.3, 0.4) is 0 Å². The van der Waals surface area contributed by atoms with Crippen LogP contribution in [-0.4, -0.2) is 13.2 Å². The summed E-state index contributed by atoms with van der Waals surface area (Å²) in [6, 6.07) is 4.19. The first-order valence-corrected chi connectivity index (χ1v) is 15.1. The maximum absolute atomic E-state index is 6.01. The maximum Gasteiger partial charge on any atom is 0.138 e. The molecule has 172 valence electrons. The first-order chi connectivity index (χ1) is 14.8. The van der Waals surface area contributed by atoms with Crippen molar-refractivity contribution in [2.45, 2.75) is 58.8 Å². The highest BCUT2D eigenvalue weighted by atomic mass is 79.9. The van der Waals surface area contributed by atoms with Crippen LogP contribution in [0, 0.1) is 6.92 Å². The molecule has 2 nitrogen and oxygen atoms in total. The summed E-state index contributed by atoms with van der Waals surface area (Å²) in [4.78, 5) is 0. The Morgan fingerprint density at radius 3 is 1.97 bits per heavy atom. The van der Waals surface area contributed by atoms with E-state index in [1.54, 1.807) is 0 Å². The van der Waals surface area contributed by atoms with E-state index < -0.39 is 0 Å². The summed E-state index contributed by atoms with van der Waals surface area (Å²) in [5.41, 5.74) is 2.33. The Morgan fingerprint density at radius 2 is 1.26 bits per heavy atom. The molecule has 0 aliphatic carbocycles. The fourth-order valence-electron chi connectivity index (χ4n) is 3.16. The van der Waals surface area contributed by atoms with E-state index in [-0.39, 0.29) is 0 Å². The number of hydrogen-bond acceptors (Lipinski definition) is 2. The van der Waals surface area contributed by atoms with Crippen molar-refractivity contribution in [1.82, 2.24) is 0 Å². The van der Waals surface area contributed by atoms with Crippen molar-refractivity contribution < 1.29 is 9.47 Å². The normalized spacial score (nSPS) is 11.1. The van der Waals surface area contributed by atoms with Crippen molar-refractivity contribution in [3.8, 4) is 11.5 Å². The van der Waals surface area contributed by atoms with Crippen LogP contribution < -0.4 is 9.47 Å². The van der Waals surface area contributed by atoms with Gasteiger partial charge in [-0.1, -0.05) is 45.1 Å².